The molecule has 144 valence electrons. The van der Waals surface area contributed by atoms with Gasteiger partial charge in [-0.25, -0.2) is 4.79 Å². The van der Waals surface area contributed by atoms with Crippen molar-refractivity contribution in [3.63, 3.8) is 0 Å². The van der Waals surface area contributed by atoms with Gasteiger partial charge in [-0.15, -0.1) is 11.3 Å². The van der Waals surface area contributed by atoms with Gasteiger partial charge in [0.15, 0.2) is 0 Å². The number of carbonyl (C=O) groups excluding carboxylic acids is 2. The average molecular weight is 388 g/mol. The summed E-state index contributed by atoms with van der Waals surface area (Å²) < 4.78 is 5.02. The third kappa shape index (κ3) is 5.08. The SMILES string of the molecule is CCOC(=O)c1ccsc1NC(=O)CN1CCN(c2cccc(C)c2)CC1. The molecule has 1 N–H and O–H groups in total. The second-order valence-corrected chi connectivity index (χ2v) is 7.45. The molecule has 0 saturated carbocycles. The van der Waals surface area contributed by atoms with Gasteiger partial charge in [-0.05, 0) is 43.0 Å². The zero-order valence-electron chi connectivity index (χ0n) is 15.7. The summed E-state index contributed by atoms with van der Waals surface area (Å²) >= 11 is 1.33. The Morgan fingerprint density at radius 1 is 1.19 bits per heavy atom. The zero-order chi connectivity index (χ0) is 19.2. The van der Waals surface area contributed by atoms with Crippen LogP contribution in [0, 0.1) is 6.92 Å². The summed E-state index contributed by atoms with van der Waals surface area (Å²) in [5, 5.41) is 5.18. The standard InChI is InChI=1S/C20H25N3O3S/c1-3-26-20(25)17-7-12-27-19(17)21-18(24)14-22-8-10-23(11-9-22)16-6-4-5-15(2)13-16/h4-7,12-13H,3,8-11,14H2,1-2H3,(H,21,24). The van der Waals surface area contributed by atoms with Crippen LogP contribution in [0.25, 0.3) is 0 Å². The van der Waals surface area contributed by atoms with E-state index >= 15 is 0 Å². The number of esters is 1. The van der Waals surface area contributed by atoms with Crippen molar-refractivity contribution >= 4 is 33.9 Å². The fraction of sp³-hybridized carbons (Fsp3) is 0.400. The lowest BCUT2D eigenvalue weighted by molar-refractivity contribution is -0.117. The summed E-state index contributed by atoms with van der Waals surface area (Å²) in [5.74, 6) is -0.507. The molecular weight excluding hydrogens is 362 g/mol. The quantitative estimate of drug-likeness (QED) is 0.772. The van der Waals surface area contributed by atoms with Gasteiger partial charge in [-0.2, -0.15) is 0 Å². The number of thiophene rings is 1. The van der Waals surface area contributed by atoms with Gasteiger partial charge in [0.2, 0.25) is 5.91 Å². The summed E-state index contributed by atoms with van der Waals surface area (Å²) in [6.45, 7) is 7.94. The Morgan fingerprint density at radius 3 is 2.67 bits per heavy atom. The monoisotopic (exact) mass is 387 g/mol. The molecule has 1 aromatic heterocycles. The Morgan fingerprint density at radius 2 is 1.96 bits per heavy atom. The van der Waals surface area contributed by atoms with Crippen molar-refractivity contribution in [1.82, 2.24) is 4.90 Å². The number of hydrogen-bond donors (Lipinski definition) is 1. The van der Waals surface area contributed by atoms with Crippen LogP contribution >= 0.6 is 11.3 Å². The third-order valence-corrected chi connectivity index (χ3v) is 5.35. The second-order valence-electron chi connectivity index (χ2n) is 6.53. The van der Waals surface area contributed by atoms with E-state index in [4.69, 9.17) is 4.74 Å². The maximum Gasteiger partial charge on any atom is 0.341 e. The third-order valence-electron chi connectivity index (χ3n) is 4.52. The van der Waals surface area contributed by atoms with Crippen LogP contribution in [-0.4, -0.2) is 56.1 Å². The molecule has 1 amide bonds. The first-order valence-electron chi connectivity index (χ1n) is 9.15. The number of anilines is 2. The summed E-state index contributed by atoms with van der Waals surface area (Å²) in [5.41, 5.74) is 2.90. The van der Waals surface area contributed by atoms with Crippen molar-refractivity contribution in [2.45, 2.75) is 13.8 Å². The van der Waals surface area contributed by atoms with Crippen molar-refractivity contribution in [3.8, 4) is 0 Å². The van der Waals surface area contributed by atoms with E-state index in [-0.39, 0.29) is 5.91 Å². The van der Waals surface area contributed by atoms with E-state index < -0.39 is 5.97 Å². The number of amides is 1. The van der Waals surface area contributed by atoms with Crippen molar-refractivity contribution in [1.29, 1.82) is 0 Å². The Bertz CT molecular complexity index is 797. The van der Waals surface area contributed by atoms with E-state index in [1.807, 2.05) is 0 Å². The fourth-order valence-corrected chi connectivity index (χ4v) is 3.93. The van der Waals surface area contributed by atoms with Crippen LogP contribution < -0.4 is 10.2 Å². The largest absolute Gasteiger partial charge is 0.462 e. The molecule has 27 heavy (non-hydrogen) atoms. The van der Waals surface area contributed by atoms with Crippen molar-refractivity contribution in [3.05, 3.63) is 46.8 Å². The molecule has 0 unspecified atom stereocenters. The molecule has 0 bridgehead atoms. The molecule has 2 aromatic rings. The highest BCUT2D eigenvalue weighted by Crippen LogP contribution is 2.24. The number of nitrogens with zero attached hydrogens (tertiary/aromatic N) is 2. The number of carbonyl (C=O) groups is 2. The maximum atomic E-state index is 12.4. The van der Waals surface area contributed by atoms with Gasteiger partial charge in [0.05, 0.1) is 18.7 Å². The Labute approximate surface area is 163 Å². The number of rotatable bonds is 6. The van der Waals surface area contributed by atoms with Crippen LogP contribution in [0.5, 0.6) is 0 Å². The minimum atomic E-state index is -0.402. The molecule has 1 aromatic carbocycles. The first-order valence-corrected chi connectivity index (χ1v) is 10.0. The second kappa shape index (κ2) is 9.01. The molecule has 1 saturated heterocycles. The first-order chi connectivity index (χ1) is 13.1. The lowest BCUT2D eigenvalue weighted by Gasteiger charge is -2.35. The Hall–Kier alpha value is -2.38. The highest BCUT2D eigenvalue weighted by Gasteiger charge is 2.21. The van der Waals surface area contributed by atoms with Gasteiger partial charge in [0.25, 0.3) is 0 Å². The molecule has 2 heterocycles. The predicted molar refractivity (Wildman–Crippen MR) is 109 cm³/mol. The van der Waals surface area contributed by atoms with Crippen LogP contribution in [0.3, 0.4) is 0 Å². The smallest absolute Gasteiger partial charge is 0.341 e. The normalized spacial score (nSPS) is 14.8. The molecule has 0 spiro atoms. The van der Waals surface area contributed by atoms with Crippen LogP contribution in [0.4, 0.5) is 10.7 Å². The lowest BCUT2D eigenvalue weighted by atomic mass is 10.2. The number of benzene rings is 1. The van der Waals surface area contributed by atoms with E-state index in [0.29, 0.717) is 23.7 Å². The van der Waals surface area contributed by atoms with Crippen molar-refractivity contribution < 1.29 is 14.3 Å². The molecule has 3 rings (SSSR count). The fourth-order valence-electron chi connectivity index (χ4n) is 3.13. The molecule has 7 heteroatoms. The summed E-state index contributed by atoms with van der Waals surface area (Å²) in [4.78, 5) is 28.8. The van der Waals surface area contributed by atoms with Gasteiger partial charge in [0, 0.05) is 31.9 Å². The molecular formula is C20H25N3O3S. The number of hydrogen-bond acceptors (Lipinski definition) is 6. The summed E-state index contributed by atoms with van der Waals surface area (Å²) in [6.07, 6.45) is 0. The number of piperazine rings is 1. The van der Waals surface area contributed by atoms with Crippen LogP contribution in [0.15, 0.2) is 35.7 Å². The highest BCUT2D eigenvalue weighted by molar-refractivity contribution is 7.14. The van der Waals surface area contributed by atoms with E-state index in [2.05, 4.69) is 46.3 Å². The van der Waals surface area contributed by atoms with E-state index in [9.17, 15) is 9.59 Å². The maximum absolute atomic E-state index is 12.4. The number of ether oxygens (including phenoxy) is 1. The van der Waals surface area contributed by atoms with Gasteiger partial charge in [-0.1, -0.05) is 12.1 Å². The molecule has 1 aliphatic rings. The summed E-state index contributed by atoms with van der Waals surface area (Å²) in [6, 6.07) is 10.2. The number of nitrogens with one attached hydrogen (secondary N) is 1. The minimum absolute atomic E-state index is 0.105. The lowest BCUT2D eigenvalue weighted by Crippen LogP contribution is -2.48. The first kappa shape index (κ1) is 19.4. The number of aryl methyl sites for hydroxylation is 1. The summed E-state index contributed by atoms with van der Waals surface area (Å²) in [7, 11) is 0. The molecule has 0 radical (unpaired) electrons. The Balaban J connectivity index is 1.50. The topological polar surface area (TPSA) is 61.9 Å². The van der Waals surface area contributed by atoms with Crippen LogP contribution in [0.1, 0.15) is 22.8 Å². The molecule has 1 aliphatic heterocycles. The van der Waals surface area contributed by atoms with E-state index in [0.717, 1.165) is 26.2 Å². The van der Waals surface area contributed by atoms with Crippen LogP contribution in [0.2, 0.25) is 0 Å². The minimum Gasteiger partial charge on any atom is -0.462 e. The Kier molecular flexibility index (Phi) is 6.47. The molecule has 1 fully saturated rings. The molecule has 0 aliphatic carbocycles. The predicted octanol–water partition coefficient (Wildman–Crippen LogP) is 2.99. The van der Waals surface area contributed by atoms with Crippen molar-refractivity contribution in [2.24, 2.45) is 0 Å². The van der Waals surface area contributed by atoms with Gasteiger partial charge < -0.3 is 15.0 Å². The van der Waals surface area contributed by atoms with Crippen LogP contribution in [-0.2, 0) is 9.53 Å². The van der Waals surface area contributed by atoms with E-state index in [1.165, 1.54) is 22.6 Å². The van der Waals surface area contributed by atoms with Gasteiger partial charge in [-0.3, -0.25) is 9.69 Å². The average Bonchev–Trinajstić information content (AvgIpc) is 3.10. The molecule has 0 atom stereocenters. The molecule has 6 nitrogen and oxygen atoms in total. The van der Waals surface area contributed by atoms with Crippen molar-refractivity contribution in [2.75, 3.05) is 49.5 Å². The van der Waals surface area contributed by atoms with E-state index in [1.54, 1.807) is 18.4 Å². The highest BCUT2D eigenvalue weighted by atomic mass is 32.1. The van der Waals surface area contributed by atoms with Gasteiger partial charge in [0.1, 0.15) is 5.00 Å². The van der Waals surface area contributed by atoms with Gasteiger partial charge >= 0.3 is 5.97 Å². The zero-order valence-corrected chi connectivity index (χ0v) is 16.6.